The Hall–Kier alpha value is -3.49. The normalized spacial score (nSPS) is 10.8. The smallest absolute Gasteiger partial charge is 0.387 e. The Morgan fingerprint density at radius 3 is 2.71 bits per heavy atom. The van der Waals surface area contributed by atoms with E-state index in [1.165, 1.54) is 49.6 Å². The highest BCUT2D eigenvalue weighted by atomic mass is 19.3. The van der Waals surface area contributed by atoms with Crippen molar-refractivity contribution >= 4 is 5.91 Å². The van der Waals surface area contributed by atoms with E-state index in [1.54, 1.807) is 6.07 Å². The highest BCUT2D eigenvalue weighted by Crippen LogP contribution is 2.29. The standard InChI is InChI=1S/C19H16F3N3O3/c1-27-16-7-6-11(20)8-14(16)15-9-12(24-25-15)10-23-18(26)13-4-2-3-5-17(13)28-19(21)22/h2-9,19H,10H2,1H3,(H,23,26)(H,24,25). The second-order valence-electron chi connectivity index (χ2n) is 5.68. The fraction of sp³-hybridized carbons (Fsp3) is 0.158. The molecule has 0 saturated carbocycles. The fourth-order valence-corrected chi connectivity index (χ4v) is 2.59. The van der Waals surface area contributed by atoms with Gasteiger partial charge in [-0.1, -0.05) is 12.1 Å². The fourth-order valence-electron chi connectivity index (χ4n) is 2.59. The molecule has 0 radical (unpaired) electrons. The molecule has 2 N–H and O–H groups in total. The third-order valence-corrected chi connectivity index (χ3v) is 3.86. The Labute approximate surface area is 158 Å². The molecule has 2 aromatic carbocycles. The molecule has 0 fully saturated rings. The zero-order valence-electron chi connectivity index (χ0n) is 14.7. The second-order valence-corrected chi connectivity index (χ2v) is 5.68. The quantitative estimate of drug-likeness (QED) is 0.643. The van der Waals surface area contributed by atoms with Gasteiger partial charge in [-0.3, -0.25) is 9.89 Å². The van der Waals surface area contributed by atoms with Crippen molar-refractivity contribution in [2.24, 2.45) is 0 Å². The van der Waals surface area contributed by atoms with Crippen molar-refractivity contribution in [3.63, 3.8) is 0 Å². The predicted molar refractivity (Wildman–Crippen MR) is 94.8 cm³/mol. The lowest BCUT2D eigenvalue weighted by molar-refractivity contribution is -0.0501. The van der Waals surface area contributed by atoms with Crippen LogP contribution in [0, 0.1) is 5.82 Å². The second kappa shape index (κ2) is 8.47. The first-order valence-electron chi connectivity index (χ1n) is 8.18. The van der Waals surface area contributed by atoms with E-state index in [0.717, 1.165) is 0 Å². The van der Waals surface area contributed by atoms with Gasteiger partial charge in [0.05, 0.1) is 30.6 Å². The molecule has 28 heavy (non-hydrogen) atoms. The number of alkyl halides is 2. The first-order chi connectivity index (χ1) is 13.5. The van der Waals surface area contributed by atoms with E-state index in [0.29, 0.717) is 22.7 Å². The van der Waals surface area contributed by atoms with E-state index in [1.807, 2.05) is 0 Å². The molecule has 3 aromatic rings. The Morgan fingerprint density at radius 2 is 1.96 bits per heavy atom. The van der Waals surface area contributed by atoms with Crippen LogP contribution in [0.3, 0.4) is 0 Å². The summed E-state index contributed by atoms with van der Waals surface area (Å²) in [5, 5.41) is 9.42. The van der Waals surface area contributed by atoms with Crippen molar-refractivity contribution in [2.45, 2.75) is 13.2 Å². The third-order valence-electron chi connectivity index (χ3n) is 3.86. The number of carbonyl (C=O) groups is 1. The minimum atomic E-state index is -3.04. The summed E-state index contributed by atoms with van der Waals surface area (Å²) in [7, 11) is 1.46. The van der Waals surface area contributed by atoms with Gasteiger partial charge in [-0.25, -0.2) is 4.39 Å². The Morgan fingerprint density at radius 1 is 1.18 bits per heavy atom. The topological polar surface area (TPSA) is 76.2 Å². The van der Waals surface area contributed by atoms with E-state index in [4.69, 9.17) is 4.74 Å². The van der Waals surface area contributed by atoms with E-state index >= 15 is 0 Å². The van der Waals surface area contributed by atoms with E-state index in [2.05, 4.69) is 20.3 Å². The average Bonchev–Trinajstić information content (AvgIpc) is 3.15. The van der Waals surface area contributed by atoms with Gasteiger partial charge in [0.15, 0.2) is 0 Å². The van der Waals surface area contributed by atoms with Crippen molar-refractivity contribution in [2.75, 3.05) is 7.11 Å². The number of nitrogens with zero attached hydrogens (tertiary/aromatic N) is 1. The number of aromatic nitrogens is 2. The molecule has 0 bridgehead atoms. The number of nitrogens with one attached hydrogen (secondary N) is 2. The number of methoxy groups -OCH3 is 1. The summed E-state index contributed by atoms with van der Waals surface area (Å²) in [5.74, 6) is -0.800. The molecule has 0 aliphatic rings. The van der Waals surface area contributed by atoms with Gasteiger partial charge < -0.3 is 14.8 Å². The Balaban J connectivity index is 1.72. The van der Waals surface area contributed by atoms with Crippen LogP contribution in [0.2, 0.25) is 0 Å². The van der Waals surface area contributed by atoms with E-state index in [-0.39, 0.29) is 17.9 Å². The summed E-state index contributed by atoms with van der Waals surface area (Å²) in [5.41, 5.74) is 1.39. The van der Waals surface area contributed by atoms with Crippen molar-refractivity contribution in [3.8, 4) is 22.8 Å². The van der Waals surface area contributed by atoms with E-state index in [9.17, 15) is 18.0 Å². The molecule has 0 saturated heterocycles. The number of ether oxygens (including phenoxy) is 2. The molecule has 9 heteroatoms. The van der Waals surface area contributed by atoms with Crippen LogP contribution >= 0.6 is 0 Å². The summed E-state index contributed by atoms with van der Waals surface area (Å²) in [6, 6.07) is 11.4. The Kier molecular flexibility index (Phi) is 5.83. The van der Waals surface area contributed by atoms with Gasteiger partial charge >= 0.3 is 6.61 Å². The number of benzene rings is 2. The summed E-state index contributed by atoms with van der Waals surface area (Å²) < 4.78 is 48.0. The number of aromatic amines is 1. The van der Waals surface area contributed by atoms with Crippen LogP contribution in [0.15, 0.2) is 48.5 Å². The number of halogens is 3. The van der Waals surface area contributed by atoms with Gasteiger partial charge in [-0.15, -0.1) is 0 Å². The summed E-state index contributed by atoms with van der Waals surface area (Å²) in [6.07, 6.45) is 0. The molecule has 0 aliphatic carbocycles. The number of hydrogen-bond acceptors (Lipinski definition) is 4. The van der Waals surface area contributed by atoms with Crippen molar-refractivity contribution in [1.29, 1.82) is 0 Å². The SMILES string of the molecule is COc1ccc(F)cc1-c1cc(CNC(=O)c2ccccc2OC(F)F)[nH]n1. The van der Waals surface area contributed by atoms with Gasteiger partial charge in [0.25, 0.3) is 5.91 Å². The zero-order chi connectivity index (χ0) is 20.1. The lowest BCUT2D eigenvalue weighted by Gasteiger charge is -2.10. The highest BCUT2D eigenvalue weighted by Gasteiger charge is 2.16. The minimum absolute atomic E-state index is 0.0191. The molecule has 1 amide bonds. The zero-order valence-corrected chi connectivity index (χ0v) is 14.7. The number of rotatable bonds is 7. The maximum atomic E-state index is 13.5. The maximum Gasteiger partial charge on any atom is 0.387 e. The van der Waals surface area contributed by atoms with Gasteiger partial charge in [0.2, 0.25) is 0 Å². The average molecular weight is 391 g/mol. The van der Waals surface area contributed by atoms with Gasteiger partial charge in [0.1, 0.15) is 17.3 Å². The molecule has 6 nitrogen and oxygen atoms in total. The molecule has 0 spiro atoms. The summed E-state index contributed by atoms with van der Waals surface area (Å²) in [6.45, 7) is -2.99. The lowest BCUT2D eigenvalue weighted by Crippen LogP contribution is -2.24. The van der Waals surface area contributed by atoms with Crippen LogP contribution in [-0.4, -0.2) is 29.8 Å². The molecule has 3 rings (SSSR count). The first kappa shape index (κ1) is 19.3. The molecule has 1 aromatic heterocycles. The molecule has 1 heterocycles. The van der Waals surface area contributed by atoms with Gasteiger partial charge in [0, 0.05) is 5.56 Å². The van der Waals surface area contributed by atoms with Crippen LogP contribution in [0.25, 0.3) is 11.3 Å². The van der Waals surface area contributed by atoms with Crippen molar-refractivity contribution < 1.29 is 27.4 Å². The van der Waals surface area contributed by atoms with Crippen LogP contribution < -0.4 is 14.8 Å². The van der Waals surface area contributed by atoms with Gasteiger partial charge in [-0.2, -0.15) is 13.9 Å². The molecule has 146 valence electrons. The molecular formula is C19H16F3N3O3. The summed E-state index contributed by atoms with van der Waals surface area (Å²) >= 11 is 0. The highest BCUT2D eigenvalue weighted by molar-refractivity contribution is 5.96. The van der Waals surface area contributed by atoms with Crippen molar-refractivity contribution in [1.82, 2.24) is 15.5 Å². The molecule has 0 unspecified atom stereocenters. The van der Waals surface area contributed by atoms with Crippen LogP contribution in [0.1, 0.15) is 16.1 Å². The monoisotopic (exact) mass is 391 g/mol. The number of para-hydroxylation sites is 1. The largest absolute Gasteiger partial charge is 0.496 e. The van der Waals surface area contributed by atoms with Crippen LogP contribution in [0.5, 0.6) is 11.5 Å². The van der Waals surface area contributed by atoms with Gasteiger partial charge in [-0.05, 0) is 36.4 Å². The Bertz CT molecular complexity index is 976. The number of amides is 1. The minimum Gasteiger partial charge on any atom is -0.496 e. The maximum absolute atomic E-state index is 13.5. The lowest BCUT2D eigenvalue weighted by atomic mass is 10.1. The van der Waals surface area contributed by atoms with Crippen molar-refractivity contribution in [3.05, 3.63) is 65.6 Å². The number of hydrogen-bond donors (Lipinski definition) is 2. The number of carbonyl (C=O) groups excluding carboxylic acids is 1. The molecular weight excluding hydrogens is 375 g/mol. The molecule has 0 atom stereocenters. The molecule has 0 aliphatic heterocycles. The van der Waals surface area contributed by atoms with Crippen LogP contribution in [-0.2, 0) is 6.54 Å². The van der Waals surface area contributed by atoms with Crippen LogP contribution in [0.4, 0.5) is 13.2 Å². The summed E-state index contributed by atoms with van der Waals surface area (Å²) in [4.78, 5) is 12.3. The first-order valence-corrected chi connectivity index (χ1v) is 8.18. The third kappa shape index (κ3) is 4.43. The van der Waals surface area contributed by atoms with E-state index < -0.39 is 18.3 Å². The number of H-pyrrole nitrogens is 1. The predicted octanol–water partition coefficient (Wildman–Crippen LogP) is 3.76.